The van der Waals surface area contributed by atoms with Crippen molar-refractivity contribution in [1.82, 2.24) is 5.32 Å². The van der Waals surface area contributed by atoms with Crippen LogP contribution >= 0.6 is 12.6 Å². The summed E-state index contributed by atoms with van der Waals surface area (Å²) in [6, 6.07) is 0.432. The third-order valence-electron chi connectivity index (χ3n) is 3.12. The van der Waals surface area contributed by atoms with Crippen LogP contribution in [0.3, 0.4) is 0 Å². The highest BCUT2D eigenvalue weighted by Gasteiger charge is 2.24. The van der Waals surface area contributed by atoms with Crippen molar-refractivity contribution in [3.8, 4) is 0 Å². The maximum absolute atomic E-state index is 11.4. The van der Waals surface area contributed by atoms with Gasteiger partial charge in [-0.05, 0) is 24.5 Å². The van der Waals surface area contributed by atoms with Crippen LogP contribution < -0.4 is 5.32 Å². The van der Waals surface area contributed by atoms with Gasteiger partial charge < -0.3 is 5.32 Å². The Balaban J connectivity index is 2.36. The molecule has 0 aromatic rings. The van der Waals surface area contributed by atoms with E-state index in [1.807, 2.05) is 0 Å². The van der Waals surface area contributed by atoms with Crippen LogP contribution in [-0.4, -0.2) is 17.7 Å². The first-order valence-corrected chi connectivity index (χ1v) is 6.31. The molecule has 0 aromatic heterocycles. The monoisotopic (exact) mass is 215 g/mol. The highest BCUT2D eigenvalue weighted by molar-refractivity contribution is 7.80. The van der Waals surface area contributed by atoms with Gasteiger partial charge in [-0.3, -0.25) is 4.79 Å². The molecule has 2 atom stereocenters. The van der Waals surface area contributed by atoms with Crippen molar-refractivity contribution >= 4 is 18.5 Å². The number of hydrogen-bond acceptors (Lipinski definition) is 2. The Kier molecular flexibility index (Phi) is 5.38. The molecule has 0 spiro atoms. The van der Waals surface area contributed by atoms with Crippen molar-refractivity contribution in [3.05, 3.63) is 0 Å². The summed E-state index contributed by atoms with van der Waals surface area (Å²) in [7, 11) is 0. The Hall–Kier alpha value is -0.180. The first kappa shape index (κ1) is 11.9. The largest absolute Gasteiger partial charge is 0.353 e. The standard InChI is InChI=1S/C11H21NOS/c1-2-9-5-3-4-6-10(9)12-11(13)7-8-14/h9-10,14H,2-8H2,1H3,(H,12,13). The lowest BCUT2D eigenvalue weighted by Crippen LogP contribution is -2.41. The second-order valence-electron chi connectivity index (χ2n) is 4.10. The molecule has 1 saturated carbocycles. The predicted molar refractivity (Wildman–Crippen MR) is 62.6 cm³/mol. The molecule has 82 valence electrons. The van der Waals surface area contributed by atoms with Crippen LogP contribution in [0, 0.1) is 5.92 Å². The van der Waals surface area contributed by atoms with Crippen LogP contribution in [0.5, 0.6) is 0 Å². The molecular formula is C11H21NOS. The number of carbonyl (C=O) groups is 1. The molecule has 0 aromatic carbocycles. The van der Waals surface area contributed by atoms with E-state index < -0.39 is 0 Å². The Morgan fingerprint density at radius 1 is 1.43 bits per heavy atom. The van der Waals surface area contributed by atoms with E-state index in [4.69, 9.17) is 0 Å². The summed E-state index contributed by atoms with van der Waals surface area (Å²) in [4.78, 5) is 11.4. The molecule has 2 nitrogen and oxygen atoms in total. The molecule has 1 fully saturated rings. The van der Waals surface area contributed by atoms with E-state index in [2.05, 4.69) is 24.9 Å². The minimum atomic E-state index is 0.172. The SMILES string of the molecule is CCC1CCCCC1NC(=O)CCS. The maximum atomic E-state index is 11.4. The Morgan fingerprint density at radius 3 is 2.79 bits per heavy atom. The lowest BCUT2D eigenvalue weighted by Gasteiger charge is -2.31. The zero-order chi connectivity index (χ0) is 10.4. The van der Waals surface area contributed by atoms with E-state index in [0.29, 0.717) is 24.1 Å². The van der Waals surface area contributed by atoms with Crippen LogP contribution in [0.2, 0.25) is 0 Å². The third kappa shape index (κ3) is 3.52. The number of amides is 1. The van der Waals surface area contributed by atoms with Crippen LogP contribution in [0.4, 0.5) is 0 Å². The zero-order valence-corrected chi connectivity index (χ0v) is 9.85. The Labute approximate surface area is 92.2 Å². The number of thiol groups is 1. The smallest absolute Gasteiger partial charge is 0.221 e. The molecular weight excluding hydrogens is 194 g/mol. The lowest BCUT2D eigenvalue weighted by atomic mass is 9.83. The fourth-order valence-corrected chi connectivity index (χ4v) is 2.47. The van der Waals surface area contributed by atoms with Crippen molar-refractivity contribution in [1.29, 1.82) is 0 Å². The summed E-state index contributed by atoms with van der Waals surface area (Å²) in [5.41, 5.74) is 0. The fourth-order valence-electron chi connectivity index (χ4n) is 2.27. The summed E-state index contributed by atoms with van der Waals surface area (Å²) in [6.45, 7) is 2.22. The van der Waals surface area contributed by atoms with Crippen LogP contribution in [0.25, 0.3) is 0 Å². The molecule has 1 aliphatic carbocycles. The first-order valence-electron chi connectivity index (χ1n) is 5.68. The van der Waals surface area contributed by atoms with Crippen molar-refractivity contribution in [2.75, 3.05) is 5.75 Å². The topological polar surface area (TPSA) is 29.1 Å². The third-order valence-corrected chi connectivity index (χ3v) is 3.34. The van der Waals surface area contributed by atoms with E-state index in [1.165, 1.54) is 25.7 Å². The van der Waals surface area contributed by atoms with Crippen LogP contribution in [0.1, 0.15) is 45.4 Å². The molecule has 1 amide bonds. The highest BCUT2D eigenvalue weighted by Crippen LogP contribution is 2.26. The number of hydrogen-bond donors (Lipinski definition) is 2. The van der Waals surface area contributed by atoms with Crippen molar-refractivity contribution < 1.29 is 4.79 Å². The van der Waals surface area contributed by atoms with E-state index in [1.54, 1.807) is 0 Å². The summed E-state index contributed by atoms with van der Waals surface area (Å²) < 4.78 is 0. The summed E-state index contributed by atoms with van der Waals surface area (Å²) in [5.74, 6) is 1.52. The zero-order valence-electron chi connectivity index (χ0n) is 8.96. The van der Waals surface area contributed by atoms with E-state index in [0.717, 1.165) is 6.42 Å². The summed E-state index contributed by atoms with van der Waals surface area (Å²) in [6.07, 6.45) is 6.78. The van der Waals surface area contributed by atoms with Gasteiger partial charge >= 0.3 is 0 Å². The molecule has 0 heterocycles. The van der Waals surface area contributed by atoms with Gasteiger partial charge in [-0.25, -0.2) is 0 Å². The Bertz CT molecular complexity index is 184. The molecule has 0 bridgehead atoms. The predicted octanol–water partition coefficient (Wildman–Crippen LogP) is 2.39. The van der Waals surface area contributed by atoms with Gasteiger partial charge in [0, 0.05) is 12.5 Å². The van der Waals surface area contributed by atoms with Gasteiger partial charge in [0.15, 0.2) is 0 Å². The summed E-state index contributed by atoms with van der Waals surface area (Å²) >= 11 is 4.06. The molecule has 1 aliphatic rings. The van der Waals surface area contributed by atoms with Gasteiger partial charge in [-0.2, -0.15) is 12.6 Å². The fraction of sp³-hybridized carbons (Fsp3) is 0.909. The highest BCUT2D eigenvalue weighted by atomic mass is 32.1. The van der Waals surface area contributed by atoms with Gasteiger partial charge in [-0.15, -0.1) is 0 Å². The van der Waals surface area contributed by atoms with Gasteiger partial charge in [0.2, 0.25) is 5.91 Å². The molecule has 2 unspecified atom stereocenters. The summed E-state index contributed by atoms with van der Waals surface area (Å²) in [5, 5.41) is 3.13. The molecule has 3 heteroatoms. The normalized spacial score (nSPS) is 27.3. The van der Waals surface area contributed by atoms with Gasteiger partial charge in [0.05, 0.1) is 0 Å². The van der Waals surface area contributed by atoms with Gasteiger partial charge in [0.25, 0.3) is 0 Å². The number of rotatable bonds is 4. The van der Waals surface area contributed by atoms with Gasteiger partial charge in [-0.1, -0.05) is 26.2 Å². The average molecular weight is 215 g/mol. The first-order chi connectivity index (χ1) is 6.77. The van der Waals surface area contributed by atoms with Gasteiger partial charge in [0.1, 0.15) is 0 Å². The second kappa shape index (κ2) is 6.33. The molecule has 14 heavy (non-hydrogen) atoms. The van der Waals surface area contributed by atoms with E-state index >= 15 is 0 Å². The lowest BCUT2D eigenvalue weighted by molar-refractivity contribution is -0.122. The molecule has 1 N–H and O–H groups in total. The maximum Gasteiger partial charge on any atom is 0.221 e. The average Bonchev–Trinajstić information content (AvgIpc) is 2.19. The number of carbonyl (C=O) groups excluding carboxylic acids is 1. The molecule has 0 aliphatic heterocycles. The molecule has 0 radical (unpaired) electrons. The minimum Gasteiger partial charge on any atom is -0.353 e. The van der Waals surface area contributed by atoms with Crippen molar-refractivity contribution in [2.24, 2.45) is 5.92 Å². The molecule has 1 rings (SSSR count). The Morgan fingerprint density at radius 2 is 2.14 bits per heavy atom. The van der Waals surface area contributed by atoms with E-state index in [-0.39, 0.29) is 5.91 Å². The minimum absolute atomic E-state index is 0.172. The van der Waals surface area contributed by atoms with Crippen molar-refractivity contribution in [3.63, 3.8) is 0 Å². The second-order valence-corrected chi connectivity index (χ2v) is 4.55. The quantitative estimate of drug-likeness (QED) is 0.693. The molecule has 0 saturated heterocycles. The van der Waals surface area contributed by atoms with Crippen LogP contribution in [0.15, 0.2) is 0 Å². The number of nitrogens with one attached hydrogen (secondary N) is 1. The van der Waals surface area contributed by atoms with E-state index in [9.17, 15) is 4.79 Å². The van der Waals surface area contributed by atoms with Crippen LogP contribution in [-0.2, 0) is 4.79 Å². The van der Waals surface area contributed by atoms with Crippen molar-refractivity contribution in [2.45, 2.75) is 51.5 Å².